The second-order valence-corrected chi connectivity index (χ2v) is 8.19. The number of pyridine rings is 1. The van der Waals surface area contributed by atoms with Crippen molar-refractivity contribution in [3.63, 3.8) is 0 Å². The van der Waals surface area contributed by atoms with Gasteiger partial charge in [-0.3, -0.25) is 9.36 Å². The van der Waals surface area contributed by atoms with Crippen LogP contribution in [0.5, 0.6) is 0 Å². The van der Waals surface area contributed by atoms with Gasteiger partial charge in [-0.15, -0.1) is 0 Å². The SMILES string of the molecule is Cc1cnc(-c2ccc3c(c2)c2cc(-c4ccc(Cl)cc4Cl)c(=O)n(C)c2n3C)o1. The lowest BCUT2D eigenvalue weighted by atomic mass is 10.0. The molecule has 0 spiro atoms. The van der Waals surface area contributed by atoms with E-state index in [2.05, 4.69) is 4.98 Å². The van der Waals surface area contributed by atoms with E-state index in [4.69, 9.17) is 27.6 Å². The first kappa shape index (κ1) is 19.0. The van der Waals surface area contributed by atoms with Crippen molar-refractivity contribution in [2.45, 2.75) is 6.92 Å². The maximum Gasteiger partial charge on any atom is 0.259 e. The molecule has 5 rings (SSSR count). The van der Waals surface area contributed by atoms with E-state index in [0.717, 1.165) is 33.3 Å². The van der Waals surface area contributed by atoms with E-state index in [1.54, 1.807) is 36.0 Å². The Morgan fingerprint density at radius 2 is 1.73 bits per heavy atom. The number of halogens is 2. The standard InChI is InChI=1S/C23H17Cl2N3O2/c1-12-11-26-21(30-12)13-4-7-20-16(8-13)17-10-18(15-6-5-14(24)9-19(15)25)23(29)28(3)22(17)27(20)2/h4-11H,1-3H3. The normalized spacial score (nSPS) is 11.6. The van der Waals surface area contributed by atoms with Gasteiger partial charge in [-0.1, -0.05) is 29.3 Å². The van der Waals surface area contributed by atoms with Crippen LogP contribution in [0.3, 0.4) is 0 Å². The molecule has 0 saturated carbocycles. The van der Waals surface area contributed by atoms with Gasteiger partial charge in [-0.2, -0.15) is 0 Å². The Balaban J connectivity index is 1.85. The van der Waals surface area contributed by atoms with Gasteiger partial charge in [0.25, 0.3) is 5.56 Å². The van der Waals surface area contributed by atoms with Gasteiger partial charge >= 0.3 is 0 Å². The number of hydrogen-bond acceptors (Lipinski definition) is 3. The first-order chi connectivity index (χ1) is 14.3. The van der Waals surface area contributed by atoms with Gasteiger partial charge in [0, 0.05) is 46.6 Å². The first-order valence-corrected chi connectivity index (χ1v) is 10.1. The zero-order valence-electron chi connectivity index (χ0n) is 16.5. The maximum absolute atomic E-state index is 13.2. The number of aromatic nitrogens is 3. The molecule has 3 aromatic heterocycles. The number of rotatable bonds is 2. The van der Waals surface area contributed by atoms with E-state index in [1.807, 2.05) is 42.8 Å². The predicted octanol–water partition coefficient (Wildman–Crippen LogP) is 5.97. The van der Waals surface area contributed by atoms with E-state index >= 15 is 0 Å². The Labute approximate surface area is 182 Å². The highest BCUT2D eigenvalue weighted by Gasteiger charge is 2.18. The molecule has 30 heavy (non-hydrogen) atoms. The van der Waals surface area contributed by atoms with E-state index in [1.165, 1.54) is 0 Å². The van der Waals surface area contributed by atoms with E-state index < -0.39 is 0 Å². The average molecular weight is 438 g/mol. The summed E-state index contributed by atoms with van der Waals surface area (Å²) in [5.41, 5.74) is 3.76. The molecule has 5 aromatic rings. The van der Waals surface area contributed by atoms with Gasteiger partial charge in [0.1, 0.15) is 11.4 Å². The summed E-state index contributed by atoms with van der Waals surface area (Å²) in [6.07, 6.45) is 1.70. The van der Waals surface area contributed by atoms with Gasteiger partial charge < -0.3 is 8.98 Å². The molecule has 150 valence electrons. The molecular formula is C23H17Cl2N3O2. The van der Waals surface area contributed by atoms with Crippen molar-refractivity contribution in [3.8, 4) is 22.6 Å². The summed E-state index contributed by atoms with van der Waals surface area (Å²) < 4.78 is 9.37. The van der Waals surface area contributed by atoms with Gasteiger partial charge in [0.15, 0.2) is 0 Å². The van der Waals surface area contributed by atoms with E-state index in [9.17, 15) is 4.79 Å². The molecule has 0 saturated heterocycles. The molecule has 3 heterocycles. The Hall–Kier alpha value is -3.02. The van der Waals surface area contributed by atoms with Crippen molar-refractivity contribution < 1.29 is 4.42 Å². The number of hydrogen-bond donors (Lipinski definition) is 0. The van der Waals surface area contributed by atoms with Crippen LogP contribution >= 0.6 is 23.2 Å². The number of aryl methyl sites for hydroxylation is 3. The predicted molar refractivity (Wildman–Crippen MR) is 121 cm³/mol. The summed E-state index contributed by atoms with van der Waals surface area (Å²) in [7, 11) is 3.73. The summed E-state index contributed by atoms with van der Waals surface area (Å²) in [5, 5.41) is 2.91. The monoisotopic (exact) mass is 437 g/mol. The largest absolute Gasteiger partial charge is 0.441 e. The summed E-state index contributed by atoms with van der Waals surface area (Å²) in [6, 6.07) is 13.1. The Bertz CT molecular complexity index is 1530. The van der Waals surface area contributed by atoms with Crippen LogP contribution < -0.4 is 5.56 Å². The summed E-state index contributed by atoms with van der Waals surface area (Å²) >= 11 is 12.5. The summed E-state index contributed by atoms with van der Waals surface area (Å²) in [6.45, 7) is 1.87. The summed E-state index contributed by atoms with van der Waals surface area (Å²) in [5.74, 6) is 1.32. The fraction of sp³-hybridized carbons (Fsp3) is 0.130. The zero-order valence-corrected chi connectivity index (χ0v) is 18.0. The molecule has 0 radical (unpaired) electrons. The molecule has 5 nitrogen and oxygen atoms in total. The lowest BCUT2D eigenvalue weighted by molar-refractivity contribution is 0.542. The van der Waals surface area contributed by atoms with Crippen LogP contribution in [-0.4, -0.2) is 14.1 Å². The van der Waals surface area contributed by atoms with Gasteiger partial charge in [0.2, 0.25) is 5.89 Å². The highest BCUT2D eigenvalue weighted by Crippen LogP contribution is 2.35. The summed E-state index contributed by atoms with van der Waals surface area (Å²) in [4.78, 5) is 17.5. The molecule has 0 N–H and O–H groups in total. The lowest BCUT2D eigenvalue weighted by Crippen LogP contribution is -2.20. The molecule has 0 aliphatic carbocycles. The molecule has 0 bridgehead atoms. The molecule has 7 heteroatoms. The van der Waals surface area contributed by atoms with Crippen molar-refractivity contribution in [3.05, 3.63) is 74.8 Å². The van der Waals surface area contributed by atoms with Crippen molar-refractivity contribution in [1.82, 2.24) is 14.1 Å². The van der Waals surface area contributed by atoms with Crippen LogP contribution in [0.2, 0.25) is 10.0 Å². The van der Waals surface area contributed by atoms with E-state index in [0.29, 0.717) is 27.1 Å². The molecule has 0 fully saturated rings. The molecule has 0 aliphatic heterocycles. The third-order valence-corrected chi connectivity index (χ3v) is 5.99. The molecule has 0 aliphatic rings. The number of oxazole rings is 1. The maximum atomic E-state index is 13.2. The van der Waals surface area contributed by atoms with Crippen molar-refractivity contribution in [2.24, 2.45) is 14.1 Å². The molecule has 0 amide bonds. The quantitative estimate of drug-likeness (QED) is 0.341. The zero-order chi connectivity index (χ0) is 21.2. The first-order valence-electron chi connectivity index (χ1n) is 9.35. The Morgan fingerprint density at radius 1 is 0.933 bits per heavy atom. The molecule has 0 atom stereocenters. The third-order valence-electron chi connectivity index (χ3n) is 5.44. The van der Waals surface area contributed by atoms with Crippen LogP contribution in [0.1, 0.15) is 5.76 Å². The van der Waals surface area contributed by atoms with Gasteiger partial charge in [0.05, 0.1) is 16.7 Å². The van der Waals surface area contributed by atoms with Crippen LogP contribution in [0.4, 0.5) is 0 Å². The highest BCUT2D eigenvalue weighted by molar-refractivity contribution is 6.36. The number of nitrogens with zero attached hydrogens (tertiary/aromatic N) is 3. The Kier molecular flexibility index (Phi) is 4.27. The molecular weight excluding hydrogens is 421 g/mol. The van der Waals surface area contributed by atoms with Crippen LogP contribution in [0, 0.1) is 6.92 Å². The minimum absolute atomic E-state index is 0.124. The molecule has 0 unspecified atom stereocenters. The van der Waals surface area contributed by atoms with E-state index in [-0.39, 0.29) is 5.56 Å². The molecule has 2 aromatic carbocycles. The Morgan fingerprint density at radius 3 is 2.43 bits per heavy atom. The minimum Gasteiger partial charge on any atom is -0.441 e. The van der Waals surface area contributed by atoms with Crippen molar-refractivity contribution >= 4 is 45.1 Å². The van der Waals surface area contributed by atoms with Crippen LogP contribution in [0.25, 0.3) is 44.5 Å². The minimum atomic E-state index is -0.124. The second kappa shape index (κ2) is 6.76. The fourth-order valence-electron chi connectivity index (χ4n) is 4.01. The topological polar surface area (TPSA) is 53.0 Å². The van der Waals surface area contributed by atoms with Crippen LogP contribution in [0.15, 0.2) is 57.9 Å². The van der Waals surface area contributed by atoms with Crippen LogP contribution in [-0.2, 0) is 14.1 Å². The van der Waals surface area contributed by atoms with Crippen molar-refractivity contribution in [1.29, 1.82) is 0 Å². The smallest absolute Gasteiger partial charge is 0.259 e. The van der Waals surface area contributed by atoms with Crippen molar-refractivity contribution in [2.75, 3.05) is 0 Å². The third kappa shape index (κ3) is 2.77. The van der Waals surface area contributed by atoms with Gasteiger partial charge in [-0.05, 0) is 43.3 Å². The number of benzene rings is 2. The van der Waals surface area contributed by atoms with Gasteiger partial charge in [-0.25, -0.2) is 4.98 Å². The number of fused-ring (bicyclic) bond motifs is 3. The second-order valence-electron chi connectivity index (χ2n) is 7.35. The average Bonchev–Trinajstić information content (AvgIpc) is 3.26. The highest BCUT2D eigenvalue weighted by atomic mass is 35.5. The fourth-order valence-corrected chi connectivity index (χ4v) is 4.52. The lowest BCUT2D eigenvalue weighted by Gasteiger charge is -2.09.